The number of rotatable bonds is 6. The minimum atomic E-state index is -0.746. The predicted octanol–water partition coefficient (Wildman–Crippen LogP) is 2.32. The van der Waals surface area contributed by atoms with Crippen LogP contribution in [0.15, 0.2) is 36.4 Å². The lowest BCUT2D eigenvalue weighted by Gasteiger charge is -2.11. The van der Waals surface area contributed by atoms with E-state index in [1.807, 2.05) is 0 Å². The maximum atomic E-state index is 11.7. The number of amides is 2. The second-order valence-electron chi connectivity index (χ2n) is 5.09. The number of carbonyl (C=O) groups excluding carboxylic acids is 2. The maximum absolute atomic E-state index is 11.7. The van der Waals surface area contributed by atoms with Gasteiger partial charge in [0.2, 0.25) is 5.91 Å². The van der Waals surface area contributed by atoms with Crippen LogP contribution in [-0.4, -0.2) is 23.8 Å². The summed E-state index contributed by atoms with van der Waals surface area (Å²) in [6, 6.07) is 8.65. The van der Waals surface area contributed by atoms with Crippen LogP contribution < -0.4 is 16.4 Å². The molecule has 2 aromatic rings. The number of hydrogen-bond acceptors (Lipinski definition) is 5. The fraction of sp³-hybridized carbons (Fsp3) is 0.125. The number of halogens is 1. The number of nitrogens with one attached hydrogen (secondary N) is 2. The number of nitro groups is 1. The molecule has 0 aliphatic heterocycles. The Hall–Kier alpha value is -3.13. The van der Waals surface area contributed by atoms with Crippen molar-refractivity contribution in [1.29, 1.82) is 0 Å². The molecule has 0 aliphatic carbocycles. The first-order chi connectivity index (χ1) is 11.8. The lowest BCUT2D eigenvalue weighted by Crippen LogP contribution is -2.18. The van der Waals surface area contributed by atoms with Gasteiger partial charge in [0.1, 0.15) is 0 Å². The minimum absolute atomic E-state index is 0.0510. The van der Waals surface area contributed by atoms with E-state index in [1.165, 1.54) is 19.2 Å². The molecule has 130 valence electrons. The molecule has 25 heavy (non-hydrogen) atoms. The highest BCUT2D eigenvalue weighted by molar-refractivity contribution is 6.33. The van der Waals surface area contributed by atoms with Gasteiger partial charge in [-0.3, -0.25) is 19.7 Å². The average molecular weight is 363 g/mol. The first-order valence-corrected chi connectivity index (χ1v) is 7.54. The van der Waals surface area contributed by atoms with E-state index in [1.54, 1.807) is 18.2 Å². The molecule has 0 aliphatic rings. The van der Waals surface area contributed by atoms with Crippen molar-refractivity contribution in [3.8, 4) is 0 Å². The van der Waals surface area contributed by atoms with E-state index in [-0.39, 0.29) is 23.7 Å². The fourth-order valence-electron chi connectivity index (χ4n) is 2.17. The molecule has 0 aromatic heterocycles. The van der Waals surface area contributed by atoms with Crippen molar-refractivity contribution >= 4 is 34.8 Å². The lowest BCUT2D eigenvalue weighted by molar-refractivity contribution is -0.385. The Morgan fingerprint density at radius 3 is 2.48 bits per heavy atom. The quantitative estimate of drug-likeness (QED) is 0.536. The molecular weight excluding hydrogens is 348 g/mol. The number of primary amides is 1. The highest BCUT2D eigenvalue weighted by atomic mass is 35.5. The van der Waals surface area contributed by atoms with Crippen molar-refractivity contribution in [3.05, 3.63) is 68.2 Å². The molecule has 0 atom stereocenters. The molecule has 9 heteroatoms. The van der Waals surface area contributed by atoms with Crippen LogP contribution in [-0.2, 0) is 6.54 Å². The SMILES string of the molecule is CNC(=O)c1ccc(Cl)c(NCc2ccc(C(N)=O)cc2[N+](=O)[O-])c1. The zero-order valence-corrected chi connectivity index (χ0v) is 14.0. The first kappa shape index (κ1) is 18.2. The number of nitro benzene ring substituents is 1. The maximum Gasteiger partial charge on any atom is 0.275 e. The van der Waals surface area contributed by atoms with Crippen molar-refractivity contribution in [2.24, 2.45) is 5.73 Å². The molecule has 0 spiro atoms. The number of carbonyl (C=O) groups is 2. The summed E-state index contributed by atoms with van der Waals surface area (Å²) >= 11 is 6.09. The van der Waals surface area contributed by atoms with Crippen LogP contribution >= 0.6 is 11.6 Å². The second kappa shape index (κ2) is 7.63. The summed E-state index contributed by atoms with van der Waals surface area (Å²) in [5, 5.41) is 17.0. The monoisotopic (exact) mass is 362 g/mol. The summed E-state index contributed by atoms with van der Waals surface area (Å²) < 4.78 is 0. The second-order valence-corrected chi connectivity index (χ2v) is 5.50. The summed E-state index contributed by atoms with van der Waals surface area (Å²) in [5.74, 6) is -1.03. The Morgan fingerprint density at radius 2 is 1.88 bits per heavy atom. The molecule has 0 saturated heterocycles. The van der Waals surface area contributed by atoms with Gasteiger partial charge in [0.25, 0.3) is 11.6 Å². The van der Waals surface area contributed by atoms with E-state index < -0.39 is 10.8 Å². The van der Waals surface area contributed by atoms with Gasteiger partial charge < -0.3 is 16.4 Å². The Balaban J connectivity index is 2.28. The van der Waals surface area contributed by atoms with E-state index in [2.05, 4.69) is 10.6 Å². The normalized spacial score (nSPS) is 10.2. The fourth-order valence-corrected chi connectivity index (χ4v) is 2.36. The molecule has 0 unspecified atom stereocenters. The Labute approximate surface area is 148 Å². The third-order valence-electron chi connectivity index (χ3n) is 3.49. The third-order valence-corrected chi connectivity index (χ3v) is 3.82. The number of hydrogen-bond donors (Lipinski definition) is 3. The van der Waals surface area contributed by atoms with Crippen molar-refractivity contribution in [3.63, 3.8) is 0 Å². The lowest BCUT2D eigenvalue weighted by atomic mass is 10.1. The van der Waals surface area contributed by atoms with Crippen molar-refractivity contribution in [2.45, 2.75) is 6.54 Å². The Kier molecular flexibility index (Phi) is 5.56. The highest BCUT2D eigenvalue weighted by Gasteiger charge is 2.17. The average Bonchev–Trinajstić information content (AvgIpc) is 2.59. The molecular formula is C16H15ClN4O4. The van der Waals surface area contributed by atoms with Crippen LogP contribution in [0, 0.1) is 10.1 Å². The molecule has 0 radical (unpaired) electrons. The molecule has 2 amide bonds. The topological polar surface area (TPSA) is 127 Å². The van der Waals surface area contributed by atoms with E-state index in [0.29, 0.717) is 21.8 Å². The van der Waals surface area contributed by atoms with Gasteiger partial charge in [-0.15, -0.1) is 0 Å². The van der Waals surface area contributed by atoms with Gasteiger partial charge in [-0.2, -0.15) is 0 Å². The van der Waals surface area contributed by atoms with Crippen molar-refractivity contribution in [1.82, 2.24) is 5.32 Å². The summed E-state index contributed by atoms with van der Waals surface area (Å²) in [4.78, 5) is 33.5. The third kappa shape index (κ3) is 4.24. The van der Waals surface area contributed by atoms with Crippen molar-refractivity contribution < 1.29 is 14.5 Å². The van der Waals surface area contributed by atoms with E-state index in [9.17, 15) is 19.7 Å². The molecule has 0 heterocycles. The zero-order chi connectivity index (χ0) is 18.6. The smallest absolute Gasteiger partial charge is 0.275 e. The molecule has 4 N–H and O–H groups in total. The highest BCUT2D eigenvalue weighted by Crippen LogP contribution is 2.26. The van der Waals surface area contributed by atoms with Gasteiger partial charge >= 0.3 is 0 Å². The summed E-state index contributed by atoms with van der Waals surface area (Å²) in [5.41, 5.74) is 6.16. The first-order valence-electron chi connectivity index (χ1n) is 7.16. The van der Waals surface area contributed by atoms with E-state index in [0.717, 1.165) is 6.07 Å². The zero-order valence-electron chi connectivity index (χ0n) is 13.2. The predicted molar refractivity (Wildman–Crippen MR) is 93.8 cm³/mol. The van der Waals surface area contributed by atoms with Gasteiger partial charge in [-0.05, 0) is 30.3 Å². The van der Waals surface area contributed by atoms with Crippen LogP contribution in [0.5, 0.6) is 0 Å². The van der Waals surface area contributed by atoms with Gasteiger partial charge in [-0.25, -0.2) is 0 Å². The molecule has 0 fully saturated rings. The molecule has 8 nitrogen and oxygen atoms in total. The van der Waals surface area contributed by atoms with E-state index in [4.69, 9.17) is 17.3 Å². The van der Waals surface area contributed by atoms with Crippen LogP contribution in [0.3, 0.4) is 0 Å². The van der Waals surface area contributed by atoms with Gasteiger partial charge in [0.15, 0.2) is 0 Å². The minimum Gasteiger partial charge on any atom is -0.379 e. The molecule has 2 rings (SSSR count). The number of anilines is 1. The molecule has 2 aromatic carbocycles. The summed E-state index contributed by atoms with van der Waals surface area (Å²) in [6.07, 6.45) is 0. The molecule has 0 bridgehead atoms. The Bertz CT molecular complexity index is 854. The number of nitrogens with two attached hydrogens (primary N) is 1. The van der Waals surface area contributed by atoms with Gasteiger partial charge in [0.05, 0.1) is 15.6 Å². The summed E-state index contributed by atoms with van der Waals surface area (Å²) in [7, 11) is 1.51. The Morgan fingerprint density at radius 1 is 1.20 bits per heavy atom. The number of nitrogens with zero attached hydrogens (tertiary/aromatic N) is 1. The van der Waals surface area contributed by atoms with Crippen LogP contribution in [0.25, 0.3) is 0 Å². The molecule has 0 saturated carbocycles. The van der Waals surface area contributed by atoms with Gasteiger partial charge in [0, 0.05) is 36.3 Å². The van der Waals surface area contributed by atoms with Crippen LogP contribution in [0.4, 0.5) is 11.4 Å². The standard InChI is InChI=1S/C16H15ClN4O4/c1-19-16(23)10-4-5-12(17)13(6-10)20-8-11-3-2-9(15(18)22)7-14(11)21(24)25/h2-7,20H,8H2,1H3,(H2,18,22)(H,19,23). The van der Waals surface area contributed by atoms with Gasteiger partial charge in [-0.1, -0.05) is 11.6 Å². The van der Waals surface area contributed by atoms with Crippen LogP contribution in [0.2, 0.25) is 5.02 Å². The largest absolute Gasteiger partial charge is 0.379 e. The van der Waals surface area contributed by atoms with Crippen LogP contribution in [0.1, 0.15) is 26.3 Å². The van der Waals surface area contributed by atoms with Crippen molar-refractivity contribution in [2.75, 3.05) is 12.4 Å². The number of benzene rings is 2. The summed E-state index contributed by atoms with van der Waals surface area (Å²) in [6.45, 7) is 0.0757. The van der Waals surface area contributed by atoms with E-state index >= 15 is 0 Å².